The van der Waals surface area contributed by atoms with Gasteiger partial charge in [0.15, 0.2) is 0 Å². The first kappa shape index (κ1) is 38.9. The second-order valence-electron chi connectivity index (χ2n) is 14.2. The van der Waals surface area contributed by atoms with Gasteiger partial charge in [-0.25, -0.2) is 14.6 Å². The van der Waals surface area contributed by atoms with E-state index in [0.717, 1.165) is 34.0 Å². The van der Waals surface area contributed by atoms with Gasteiger partial charge < -0.3 is 30.7 Å². The van der Waals surface area contributed by atoms with E-state index in [4.69, 9.17) is 9.72 Å². The van der Waals surface area contributed by atoms with E-state index < -0.39 is 29.8 Å². The lowest BCUT2D eigenvalue weighted by Crippen LogP contribution is -2.57. The number of rotatable bonds is 17. The van der Waals surface area contributed by atoms with Crippen LogP contribution in [0.25, 0.3) is 0 Å². The molecule has 0 bridgehead atoms. The molecule has 0 radical (unpaired) electrons. The van der Waals surface area contributed by atoms with Gasteiger partial charge in [-0.3, -0.25) is 9.78 Å². The molecule has 1 saturated carbocycles. The summed E-state index contributed by atoms with van der Waals surface area (Å²) in [6.07, 6.45) is 2.14. The molecule has 2 aromatic carbocycles. The van der Waals surface area contributed by atoms with Crippen molar-refractivity contribution in [2.75, 3.05) is 0 Å². The summed E-state index contributed by atoms with van der Waals surface area (Å²) in [6, 6.07) is 17.4. The Morgan fingerprint density at radius 3 is 2.29 bits per heavy atom. The Hall–Kier alpha value is -4.33. The molecule has 278 valence electrons. The molecule has 0 saturated heterocycles. The molecular formula is C39H50N6O5S2. The van der Waals surface area contributed by atoms with E-state index in [2.05, 4.69) is 34.8 Å². The van der Waals surface area contributed by atoms with Crippen LogP contribution < -0.4 is 16.0 Å². The van der Waals surface area contributed by atoms with Crippen molar-refractivity contribution in [1.82, 2.24) is 30.8 Å². The predicted octanol–water partition coefficient (Wildman–Crippen LogP) is 6.74. The molecule has 0 unspecified atom stereocenters. The maximum atomic E-state index is 14.1. The first-order valence-electron chi connectivity index (χ1n) is 17.8. The topological polar surface area (TPSA) is 146 Å². The molecule has 4 N–H and O–H groups in total. The smallest absolute Gasteiger partial charge is 0.408 e. The fraction of sp³-hybridized carbons (Fsp3) is 0.462. The van der Waals surface area contributed by atoms with Crippen LogP contribution in [0.2, 0.25) is 0 Å². The number of carbonyl (C=O) groups excluding carboxylic acids is 3. The number of benzene rings is 2. The van der Waals surface area contributed by atoms with Gasteiger partial charge in [0.1, 0.15) is 12.6 Å². The third kappa shape index (κ3) is 10.6. The second kappa shape index (κ2) is 17.9. The number of aromatic nitrogens is 2. The van der Waals surface area contributed by atoms with Crippen LogP contribution in [0.15, 0.2) is 77.8 Å². The van der Waals surface area contributed by atoms with Gasteiger partial charge in [0, 0.05) is 29.6 Å². The number of amides is 4. The highest BCUT2D eigenvalue weighted by atomic mass is 32.1. The Morgan fingerprint density at radius 2 is 1.69 bits per heavy atom. The quantitative estimate of drug-likeness (QED) is 0.0937. The molecule has 0 aliphatic heterocycles. The van der Waals surface area contributed by atoms with E-state index in [-0.39, 0.29) is 36.9 Å². The zero-order valence-corrected chi connectivity index (χ0v) is 32.1. The molecule has 13 heteroatoms. The van der Waals surface area contributed by atoms with Crippen molar-refractivity contribution in [2.45, 2.75) is 109 Å². The number of aliphatic hydroxyl groups excluding tert-OH is 1. The lowest BCUT2D eigenvalue weighted by Gasteiger charge is -2.38. The average molecular weight is 747 g/mol. The summed E-state index contributed by atoms with van der Waals surface area (Å²) >= 11 is 2.98. The summed E-state index contributed by atoms with van der Waals surface area (Å²) in [5.74, 6) is -0.257. The molecule has 0 spiro atoms. The van der Waals surface area contributed by atoms with Crippen LogP contribution in [0.1, 0.15) is 86.5 Å². The first-order valence-corrected chi connectivity index (χ1v) is 19.6. The van der Waals surface area contributed by atoms with Crippen molar-refractivity contribution in [1.29, 1.82) is 0 Å². The van der Waals surface area contributed by atoms with Crippen molar-refractivity contribution in [3.63, 3.8) is 0 Å². The van der Waals surface area contributed by atoms with Gasteiger partial charge in [-0.2, -0.15) is 0 Å². The molecule has 2 aromatic heterocycles. The van der Waals surface area contributed by atoms with Gasteiger partial charge in [-0.15, -0.1) is 22.7 Å². The van der Waals surface area contributed by atoms with Gasteiger partial charge >= 0.3 is 12.1 Å². The van der Waals surface area contributed by atoms with Crippen molar-refractivity contribution < 1.29 is 24.2 Å². The Kier molecular flexibility index (Phi) is 13.4. The number of thiazole rings is 2. The fourth-order valence-corrected chi connectivity index (χ4v) is 7.39. The second-order valence-corrected chi connectivity index (χ2v) is 16.1. The molecule has 2 heterocycles. The SMILES string of the molecule is CC(C)c1nc(CN(C(=O)N[C@H](C(=O)N[C@@H](Cc2ccccc2)C[C@H](O)[C@@](C)(NC(=O)OCc2cncs2)c2ccccc2)C(C)C)C2CC2)cs1. The Labute approximate surface area is 314 Å². The number of nitrogens with one attached hydrogen (secondary N) is 3. The number of alkyl carbamates (subject to hydrolysis) is 1. The van der Waals surface area contributed by atoms with Crippen molar-refractivity contribution in [2.24, 2.45) is 5.92 Å². The lowest BCUT2D eigenvalue weighted by molar-refractivity contribution is -0.125. The van der Waals surface area contributed by atoms with E-state index in [1.54, 1.807) is 34.9 Å². The minimum atomic E-state index is -1.27. The summed E-state index contributed by atoms with van der Waals surface area (Å²) in [6.45, 7) is 10.2. The molecule has 11 nitrogen and oxygen atoms in total. The maximum Gasteiger partial charge on any atom is 0.408 e. The van der Waals surface area contributed by atoms with Gasteiger partial charge in [-0.05, 0) is 49.7 Å². The molecule has 1 fully saturated rings. The van der Waals surface area contributed by atoms with Crippen molar-refractivity contribution in [3.05, 3.63) is 104 Å². The summed E-state index contributed by atoms with van der Waals surface area (Å²) in [5, 5.41) is 24.1. The first-order chi connectivity index (χ1) is 24.9. The molecule has 1 aliphatic carbocycles. The van der Waals surface area contributed by atoms with Gasteiger partial charge in [0.05, 0.1) is 39.3 Å². The van der Waals surface area contributed by atoms with Crippen LogP contribution >= 0.6 is 22.7 Å². The number of hydrogen-bond donors (Lipinski definition) is 4. The molecule has 52 heavy (non-hydrogen) atoms. The number of ether oxygens (including phenoxy) is 1. The van der Waals surface area contributed by atoms with Crippen LogP contribution in [-0.2, 0) is 34.6 Å². The number of hydrogen-bond acceptors (Lipinski definition) is 9. The highest BCUT2D eigenvalue weighted by molar-refractivity contribution is 7.09. The van der Waals surface area contributed by atoms with Crippen molar-refractivity contribution >= 4 is 40.7 Å². The number of aliphatic hydroxyl groups is 1. The Balaban J connectivity index is 1.32. The monoisotopic (exact) mass is 746 g/mol. The maximum absolute atomic E-state index is 14.1. The zero-order valence-electron chi connectivity index (χ0n) is 30.5. The number of urea groups is 1. The number of carbonyl (C=O) groups is 3. The summed E-state index contributed by atoms with van der Waals surface area (Å²) in [4.78, 5) is 52.4. The minimum Gasteiger partial charge on any atom is -0.444 e. The van der Waals surface area contributed by atoms with Gasteiger partial charge in [-0.1, -0.05) is 88.4 Å². The van der Waals surface area contributed by atoms with Crippen molar-refractivity contribution in [3.8, 4) is 0 Å². The normalized spacial score (nSPS) is 15.7. The highest BCUT2D eigenvalue weighted by Gasteiger charge is 2.40. The molecular weight excluding hydrogens is 697 g/mol. The standard InChI is InChI=1S/C39H50N6O5S2/c1-25(2)34(43-37(48)45(31-16-17-31)21-30-23-51-36(42-30)26(3)4)35(47)41-29(18-27-12-8-6-9-13-27)19-33(46)39(5,28-14-10-7-11-15-28)44-38(49)50-22-32-20-40-24-52-32/h6-15,20,23-26,29,31,33-34,46H,16-19,21-22H2,1-5H3,(H,41,47)(H,43,48)(H,44,49)/t29-,33-,34-,39-/m0/s1. The van der Waals surface area contributed by atoms with E-state index in [0.29, 0.717) is 24.4 Å². The Morgan fingerprint density at radius 1 is 1.00 bits per heavy atom. The molecule has 4 amide bonds. The summed E-state index contributed by atoms with van der Waals surface area (Å²) in [5.41, 5.74) is 2.88. The zero-order chi connectivity index (χ0) is 37.3. The van der Waals surface area contributed by atoms with E-state index in [1.807, 2.05) is 79.9 Å². The minimum absolute atomic E-state index is 0.0490. The third-order valence-electron chi connectivity index (χ3n) is 9.28. The highest BCUT2D eigenvalue weighted by Crippen LogP contribution is 2.31. The molecule has 1 aliphatic rings. The van der Waals surface area contributed by atoms with Gasteiger partial charge in [0.2, 0.25) is 5.91 Å². The summed E-state index contributed by atoms with van der Waals surface area (Å²) in [7, 11) is 0. The summed E-state index contributed by atoms with van der Waals surface area (Å²) < 4.78 is 5.50. The van der Waals surface area contributed by atoms with Crippen LogP contribution in [-0.4, -0.2) is 62.2 Å². The lowest BCUT2D eigenvalue weighted by atomic mass is 9.82. The van der Waals surface area contributed by atoms with Crippen LogP contribution in [0.4, 0.5) is 9.59 Å². The van der Waals surface area contributed by atoms with E-state index in [9.17, 15) is 19.5 Å². The fourth-order valence-electron chi connectivity index (χ4n) is 6.06. The van der Waals surface area contributed by atoms with Crippen LogP contribution in [0, 0.1) is 5.92 Å². The number of nitrogens with zero attached hydrogens (tertiary/aromatic N) is 3. The van der Waals surface area contributed by atoms with Crippen LogP contribution in [0.5, 0.6) is 0 Å². The third-order valence-corrected chi connectivity index (χ3v) is 11.2. The molecule has 4 aromatic rings. The predicted molar refractivity (Wildman–Crippen MR) is 204 cm³/mol. The van der Waals surface area contributed by atoms with Crippen LogP contribution in [0.3, 0.4) is 0 Å². The molecule has 5 rings (SSSR count). The molecule has 4 atom stereocenters. The van der Waals surface area contributed by atoms with E-state index >= 15 is 0 Å². The average Bonchev–Trinajstić information content (AvgIpc) is 3.60. The largest absolute Gasteiger partial charge is 0.444 e. The van der Waals surface area contributed by atoms with E-state index in [1.165, 1.54) is 11.3 Å². The Bertz CT molecular complexity index is 1730. The van der Waals surface area contributed by atoms with Gasteiger partial charge in [0.25, 0.3) is 0 Å².